The Kier molecular flexibility index (Phi) is 4.54. The van der Waals surface area contributed by atoms with Gasteiger partial charge in [-0.25, -0.2) is 4.98 Å². The largest absolute Gasteiger partial charge is 0.334 e. The first-order valence-corrected chi connectivity index (χ1v) is 6.18. The molecule has 0 saturated carbocycles. The van der Waals surface area contributed by atoms with Gasteiger partial charge in [-0.2, -0.15) is 0 Å². The number of hydrogen-bond donors (Lipinski definition) is 1. The second-order valence-electron chi connectivity index (χ2n) is 5.38. The van der Waals surface area contributed by atoms with E-state index in [1.54, 1.807) is 0 Å². The highest BCUT2D eigenvalue weighted by atomic mass is 15.1. The van der Waals surface area contributed by atoms with Gasteiger partial charge in [0.15, 0.2) is 0 Å². The van der Waals surface area contributed by atoms with Crippen molar-refractivity contribution >= 4 is 0 Å². The van der Waals surface area contributed by atoms with Crippen molar-refractivity contribution in [3.8, 4) is 0 Å². The summed E-state index contributed by atoms with van der Waals surface area (Å²) in [6, 6.07) is 0. The van der Waals surface area contributed by atoms with Crippen molar-refractivity contribution in [1.82, 2.24) is 14.9 Å². The van der Waals surface area contributed by atoms with Gasteiger partial charge in [0.2, 0.25) is 0 Å². The van der Waals surface area contributed by atoms with Crippen molar-refractivity contribution < 1.29 is 0 Å². The normalized spacial score (nSPS) is 12.4. The summed E-state index contributed by atoms with van der Waals surface area (Å²) >= 11 is 0. The van der Waals surface area contributed by atoms with Crippen molar-refractivity contribution in [1.29, 1.82) is 0 Å². The molecule has 0 amide bonds. The van der Waals surface area contributed by atoms with Crippen molar-refractivity contribution in [3.63, 3.8) is 0 Å². The molecular weight excluding hydrogens is 198 g/mol. The summed E-state index contributed by atoms with van der Waals surface area (Å²) in [5, 5.41) is 3.50. The summed E-state index contributed by atoms with van der Waals surface area (Å²) in [5.74, 6) is 1.81. The topological polar surface area (TPSA) is 29.9 Å². The first-order chi connectivity index (χ1) is 7.47. The average Bonchev–Trinajstić information content (AvgIpc) is 2.64. The van der Waals surface area contributed by atoms with E-state index in [-0.39, 0.29) is 0 Å². The summed E-state index contributed by atoms with van der Waals surface area (Å²) in [4.78, 5) is 4.35. The molecule has 0 aromatic carbocycles. The first kappa shape index (κ1) is 13.2. The maximum atomic E-state index is 4.35. The number of nitrogens with one attached hydrogen (secondary N) is 1. The Labute approximate surface area is 99.3 Å². The fourth-order valence-electron chi connectivity index (χ4n) is 1.50. The Hall–Kier alpha value is -0.830. The van der Waals surface area contributed by atoms with Crippen molar-refractivity contribution in [2.45, 2.75) is 47.7 Å². The Morgan fingerprint density at radius 1 is 1.44 bits per heavy atom. The second kappa shape index (κ2) is 5.48. The van der Waals surface area contributed by atoms with E-state index in [0.29, 0.717) is 11.3 Å². The summed E-state index contributed by atoms with van der Waals surface area (Å²) in [5.41, 5.74) is 0.337. The summed E-state index contributed by atoms with van der Waals surface area (Å²) in [6.45, 7) is 14.2. The zero-order valence-corrected chi connectivity index (χ0v) is 11.2. The molecule has 1 rings (SSSR count). The monoisotopic (exact) mass is 223 g/mol. The van der Waals surface area contributed by atoms with E-state index in [4.69, 9.17) is 0 Å². The van der Waals surface area contributed by atoms with Gasteiger partial charge in [-0.05, 0) is 18.3 Å². The van der Waals surface area contributed by atoms with Crippen LogP contribution in [0.1, 0.15) is 40.4 Å². The van der Waals surface area contributed by atoms with E-state index in [0.717, 1.165) is 25.5 Å². The summed E-state index contributed by atoms with van der Waals surface area (Å²) in [7, 11) is 0. The van der Waals surface area contributed by atoms with Gasteiger partial charge in [0.1, 0.15) is 5.82 Å². The highest BCUT2D eigenvalue weighted by Gasteiger charge is 2.21. The van der Waals surface area contributed by atoms with Crippen LogP contribution < -0.4 is 5.32 Å². The summed E-state index contributed by atoms with van der Waals surface area (Å²) < 4.78 is 2.18. The number of aromatic nitrogens is 2. The third-order valence-electron chi connectivity index (χ3n) is 3.57. The van der Waals surface area contributed by atoms with E-state index in [1.807, 2.05) is 12.4 Å². The van der Waals surface area contributed by atoms with Gasteiger partial charge in [0, 0.05) is 25.5 Å². The molecule has 0 aliphatic rings. The Balaban J connectivity index is 2.41. The fourth-order valence-corrected chi connectivity index (χ4v) is 1.50. The van der Waals surface area contributed by atoms with Gasteiger partial charge in [-0.1, -0.05) is 27.7 Å². The van der Waals surface area contributed by atoms with E-state index < -0.39 is 0 Å². The maximum Gasteiger partial charge on any atom is 0.122 e. The zero-order chi connectivity index (χ0) is 12.2. The molecule has 0 aliphatic carbocycles. The number of aryl methyl sites for hydroxylation is 1. The van der Waals surface area contributed by atoms with Gasteiger partial charge in [0.05, 0.1) is 6.54 Å². The molecule has 3 heteroatoms. The molecule has 1 N–H and O–H groups in total. The predicted molar refractivity (Wildman–Crippen MR) is 68.2 cm³/mol. The number of nitrogens with zero attached hydrogens (tertiary/aromatic N) is 2. The van der Waals surface area contributed by atoms with Crippen LogP contribution in [0.4, 0.5) is 0 Å². The molecule has 0 bridgehead atoms. The molecule has 0 aliphatic heterocycles. The number of imidazole rings is 1. The molecule has 92 valence electrons. The third-order valence-corrected chi connectivity index (χ3v) is 3.57. The van der Waals surface area contributed by atoms with Crippen LogP contribution in [-0.4, -0.2) is 16.1 Å². The standard InChI is InChI=1S/C13H25N3/c1-6-16-8-7-15-12(16)9-14-10-13(4,5)11(2)3/h7-8,11,14H,6,9-10H2,1-5H3. The van der Waals surface area contributed by atoms with Crippen molar-refractivity contribution in [3.05, 3.63) is 18.2 Å². The molecule has 0 fully saturated rings. The Morgan fingerprint density at radius 2 is 2.12 bits per heavy atom. The lowest BCUT2D eigenvalue weighted by Gasteiger charge is -2.29. The average molecular weight is 223 g/mol. The van der Waals surface area contributed by atoms with Gasteiger partial charge in [0.25, 0.3) is 0 Å². The van der Waals surface area contributed by atoms with E-state index in [9.17, 15) is 0 Å². The molecule has 0 unspecified atom stereocenters. The molecule has 3 nitrogen and oxygen atoms in total. The minimum Gasteiger partial charge on any atom is -0.334 e. The Morgan fingerprint density at radius 3 is 2.69 bits per heavy atom. The molecule has 1 aromatic rings. The van der Waals surface area contributed by atoms with Crippen LogP contribution in [-0.2, 0) is 13.1 Å². The van der Waals surface area contributed by atoms with Crippen LogP contribution in [0.5, 0.6) is 0 Å². The fraction of sp³-hybridized carbons (Fsp3) is 0.769. The molecule has 0 saturated heterocycles. The van der Waals surface area contributed by atoms with E-state index in [1.165, 1.54) is 0 Å². The van der Waals surface area contributed by atoms with Crippen LogP contribution in [0.15, 0.2) is 12.4 Å². The van der Waals surface area contributed by atoms with E-state index >= 15 is 0 Å². The maximum absolute atomic E-state index is 4.35. The number of rotatable bonds is 6. The lowest BCUT2D eigenvalue weighted by molar-refractivity contribution is 0.237. The lowest BCUT2D eigenvalue weighted by atomic mass is 9.81. The van der Waals surface area contributed by atoms with Crippen molar-refractivity contribution in [2.75, 3.05) is 6.54 Å². The molecule has 0 spiro atoms. The zero-order valence-electron chi connectivity index (χ0n) is 11.2. The molecular formula is C13H25N3. The van der Waals surface area contributed by atoms with Crippen LogP contribution in [0.25, 0.3) is 0 Å². The van der Waals surface area contributed by atoms with Gasteiger partial charge in [-0.3, -0.25) is 0 Å². The third kappa shape index (κ3) is 3.34. The predicted octanol–water partition coefficient (Wildman–Crippen LogP) is 2.67. The molecule has 1 aromatic heterocycles. The van der Waals surface area contributed by atoms with Crippen LogP contribution >= 0.6 is 0 Å². The van der Waals surface area contributed by atoms with E-state index in [2.05, 4.69) is 49.5 Å². The second-order valence-corrected chi connectivity index (χ2v) is 5.38. The smallest absolute Gasteiger partial charge is 0.122 e. The van der Waals surface area contributed by atoms with Gasteiger partial charge >= 0.3 is 0 Å². The minimum absolute atomic E-state index is 0.337. The molecule has 0 atom stereocenters. The van der Waals surface area contributed by atoms with Crippen LogP contribution in [0.2, 0.25) is 0 Å². The highest BCUT2D eigenvalue weighted by molar-refractivity contribution is 4.92. The number of hydrogen-bond acceptors (Lipinski definition) is 2. The minimum atomic E-state index is 0.337. The van der Waals surface area contributed by atoms with Crippen molar-refractivity contribution in [2.24, 2.45) is 11.3 Å². The Bertz CT molecular complexity index is 313. The van der Waals surface area contributed by atoms with Crippen LogP contribution in [0, 0.1) is 11.3 Å². The van der Waals surface area contributed by atoms with Crippen LogP contribution in [0.3, 0.4) is 0 Å². The SMILES string of the molecule is CCn1ccnc1CNCC(C)(C)C(C)C. The quantitative estimate of drug-likeness (QED) is 0.803. The van der Waals surface area contributed by atoms with Gasteiger partial charge < -0.3 is 9.88 Å². The molecule has 1 heterocycles. The lowest BCUT2D eigenvalue weighted by Crippen LogP contribution is -2.33. The van der Waals surface area contributed by atoms with Gasteiger partial charge in [-0.15, -0.1) is 0 Å². The molecule has 16 heavy (non-hydrogen) atoms. The first-order valence-electron chi connectivity index (χ1n) is 6.18. The summed E-state index contributed by atoms with van der Waals surface area (Å²) in [6.07, 6.45) is 3.90. The molecule has 0 radical (unpaired) electrons. The highest BCUT2D eigenvalue weighted by Crippen LogP contribution is 2.24.